The summed E-state index contributed by atoms with van der Waals surface area (Å²) in [6.45, 7) is 15.6. The monoisotopic (exact) mass is 355 g/mol. The Kier molecular flexibility index (Phi) is 8.17. The van der Waals surface area contributed by atoms with Crippen LogP contribution in [0.2, 0.25) is 0 Å². The van der Waals surface area contributed by atoms with E-state index in [9.17, 15) is 0 Å². The second-order valence-corrected chi connectivity index (χ2v) is 9.37. The van der Waals surface area contributed by atoms with E-state index < -0.39 is 0 Å². The minimum atomic E-state index is 0.341. The van der Waals surface area contributed by atoms with Crippen LogP contribution in [0.4, 0.5) is 0 Å². The van der Waals surface area contributed by atoms with Crippen molar-refractivity contribution in [1.29, 1.82) is 0 Å². The standard InChI is InChI=1S/C18H37N5S/c1-5-19-17(21-15-18(3)7-6-12-24-18)20-13-16(2)14-23-10-8-22(4)9-11-23/h16H,5-15H2,1-4H3,(H2,19,20,21). The van der Waals surface area contributed by atoms with Gasteiger partial charge in [0.25, 0.3) is 0 Å². The molecule has 2 saturated heterocycles. The Balaban J connectivity index is 1.73. The van der Waals surface area contributed by atoms with E-state index >= 15 is 0 Å². The lowest BCUT2D eigenvalue weighted by molar-refractivity contribution is 0.139. The van der Waals surface area contributed by atoms with Crippen LogP contribution in [0.15, 0.2) is 4.99 Å². The van der Waals surface area contributed by atoms with Gasteiger partial charge in [-0.1, -0.05) is 6.92 Å². The van der Waals surface area contributed by atoms with E-state index in [2.05, 4.69) is 60.0 Å². The normalized spacial score (nSPS) is 28.1. The van der Waals surface area contributed by atoms with Crippen molar-refractivity contribution in [2.24, 2.45) is 10.9 Å². The van der Waals surface area contributed by atoms with Crippen molar-refractivity contribution in [2.75, 3.05) is 65.2 Å². The van der Waals surface area contributed by atoms with Gasteiger partial charge in [0, 0.05) is 50.6 Å². The van der Waals surface area contributed by atoms with Gasteiger partial charge in [0.1, 0.15) is 0 Å². The largest absolute Gasteiger partial charge is 0.357 e. The molecule has 6 heteroatoms. The van der Waals surface area contributed by atoms with Crippen LogP contribution in [0.3, 0.4) is 0 Å². The molecular weight excluding hydrogens is 318 g/mol. The van der Waals surface area contributed by atoms with Gasteiger partial charge in [0.15, 0.2) is 5.96 Å². The first-order chi connectivity index (χ1) is 11.5. The SMILES string of the molecule is CCNC(=NCC1(C)CCCS1)NCC(C)CN1CCN(C)CC1. The van der Waals surface area contributed by atoms with Crippen LogP contribution in [0.1, 0.15) is 33.6 Å². The quantitative estimate of drug-likeness (QED) is 0.538. The first-order valence-electron chi connectivity index (χ1n) is 9.58. The van der Waals surface area contributed by atoms with Crippen LogP contribution in [0, 0.1) is 5.92 Å². The predicted molar refractivity (Wildman–Crippen MR) is 107 cm³/mol. The van der Waals surface area contributed by atoms with E-state index in [0.717, 1.165) is 25.6 Å². The first kappa shape index (κ1) is 19.9. The summed E-state index contributed by atoms with van der Waals surface area (Å²) in [7, 11) is 2.21. The number of guanidine groups is 1. The summed E-state index contributed by atoms with van der Waals surface area (Å²) in [5, 5.41) is 6.95. The molecule has 2 aliphatic rings. The molecular formula is C18H37N5S. The molecule has 5 nitrogen and oxygen atoms in total. The highest BCUT2D eigenvalue weighted by Crippen LogP contribution is 2.37. The van der Waals surface area contributed by atoms with E-state index in [-0.39, 0.29) is 0 Å². The molecule has 2 fully saturated rings. The Labute approximate surface area is 153 Å². The number of nitrogens with zero attached hydrogens (tertiary/aromatic N) is 3. The lowest BCUT2D eigenvalue weighted by Crippen LogP contribution is -2.47. The van der Waals surface area contributed by atoms with Crippen molar-refractivity contribution in [3.05, 3.63) is 0 Å². The van der Waals surface area contributed by atoms with Crippen molar-refractivity contribution in [1.82, 2.24) is 20.4 Å². The van der Waals surface area contributed by atoms with Gasteiger partial charge in [0.05, 0.1) is 6.54 Å². The van der Waals surface area contributed by atoms with Crippen LogP contribution in [-0.2, 0) is 0 Å². The van der Waals surface area contributed by atoms with Gasteiger partial charge in [-0.3, -0.25) is 4.99 Å². The van der Waals surface area contributed by atoms with Crippen LogP contribution in [0.5, 0.6) is 0 Å². The fraction of sp³-hybridized carbons (Fsp3) is 0.944. The second-order valence-electron chi connectivity index (χ2n) is 7.69. The predicted octanol–water partition coefficient (Wildman–Crippen LogP) is 1.71. The lowest BCUT2D eigenvalue weighted by atomic mass is 10.1. The molecule has 0 amide bonds. The van der Waals surface area contributed by atoms with Gasteiger partial charge in [-0.25, -0.2) is 0 Å². The molecule has 0 aromatic carbocycles. The Bertz CT molecular complexity index is 387. The van der Waals surface area contributed by atoms with Gasteiger partial charge in [-0.05, 0) is 45.4 Å². The first-order valence-corrected chi connectivity index (χ1v) is 10.6. The summed E-state index contributed by atoms with van der Waals surface area (Å²) in [6.07, 6.45) is 2.63. The summed E-state index contributed by atoms with van der Waals surface area (Å²) in [5.74, 6) is 2.91. The molecule has 0 bridgehead atoms. The molecule has 140 valence electrons. The van der Waals surface area contributed by atoms with Gasteiger partial charge >= 0.3 is 0 Å². The lowest BCUT2D eigenvalue weighted by Gasteiger charge is -2.34. The number of likely N-dealkylation sites (N-methyl/N-ethyl adjacent to an activating group) is 1. The highest BCUT2D eigenvalue weighted by Gasteiger charge is 2.29. The van der Waals surface area contributed by atoms with Crippen molar-refractivity contribution in [2.45, 2.75) is 38.4 Å². The van der Waals surface area contributed by atoms with E-state index in [0.29, 0.717) is 10.7 Å². The molecule has 0 radical (unpaired) electrons. The summed E-state index contributed by atoms with van der Waals surface area (Å²) in [5.41, 5.74) is 0. The maximum Gasteiger partial charge on any atom is 0.191 e. The Morgan fingerprint density at radius 2 is 2.00 bits per heavy atom. The van der Waals surface area contributed by atoms with Crippen molar-refractivity contribution < 1.29 is 0 Å². The maximum absolute atomic E-state index is 4.85. The summed E-state index contributed by atoms with van der Waals surface area (Å²) in [4.78, 5) is 9.85. The fourth-order valence-corrected chi connectivity index (χ4v) is 4.58. The smallest absolute Gasteiger partial charge is 0.191 e. The molecule has 2 atom stereocenters. The van der Waals surface area contributed by atoms with Gasteiger partial charge in [-0.2, -0.15) is 11.8 Å². The summed E-state index contributed by atoms with van der Waals surface area (Å²) in [6, 6.07) is 0. The minimum absolute atomic E-state index is 0.341. The molecule has 24 heavy (non-hydrogen) atoms. The summed E-state index contributed by atoms with van der Waals surface area (Å²) >= 11 is 2.08. The van der Waals surface area contributed by atoms with Crippen LogP contribution in [0.25, 0.3) is 0 Å². The highest BCUT2D eigenvalue weighted by atomic mass is 32.2. The van der Waals surface area contributed by atoms with E-state index in [1.807, 2.05) is 0 Å². The number of aliphatic imine (C=N–C) groups is 1. The Morgan fingerprint density at radius 3 is 2.62 bits per heavy atom. The molecule has 2 unspecified atom stereocenters. The molecule has 2 aliphatic heterocycles. The topological polar surface area (TPSA) is 42.9 Å². The van der Waals surface area contributed by atoms with Gasteiger partial charge < -0.3 is 20.4 Å². The number of hydrogen-bond donors (Lipinski definition) is 2. The number of thioether (sulfide) groups is 1. The van der Waals surface area contributed by atoms with Crippen molar-refractivity contribution >= 4 is 17.7 Å². The third-order valence-corrected chi connectivity index (χ3v) is 6.52. The zero-order chi connectivity index (χ0) is 17.4. The molecule has 0 saturated carbocycles. The number of hydrogen-bond acceptors (Lipinski definition) is 4. The van der Waals surface area contributed by atoms with Gasteiger partial charge in [-0.15, -0.1) is 0 Å². The molecule has 0 spiro atoms. The molecule has 2 N–H and O–H groups in total. The van der Waals surface area contributed by atoms with E-state index in [4.69, 9.17) is 4.99 Å². The van der Waals surface area contributed by atoms with E-state index in [1.165, 1.54) is 51.3 Å². The van der Waals surface area contributed by atoms with Crippen LogP contribution < -0.4 is 10.6 Å². The third kappa shape index (κ3) is 6.81. The number of nitrogens with one attached hydrogen (secondary N) is 2. The van der Waals surface area contributed by atoms with Gasteiger partial charge in [0.2, 0.25) is 0 Å². The average Bonchev–Trinajstić information content (AvgIpc) is 2.99. The minimum Gasteiger partial charge on any atom is -0.357 e. The maximum atomic E-state index is 4.85. The zero-order valence-electron chi connectivity index (χ0n) is 16.1. The third-order valence-electron chi connectivity index (χ3n) is 5.00. The zero-order valence-corrected chi connectivity index (χ0v) is 16.9. The molecule has 0 aromatic heterocycles. The molecule has 2 rings (SSSR count). The summed E-state index contributed by atoms with van der Waals surface area (Å²) < 4.78 is 0.341. The van der Waals surface area contributed by atoms with Crippen LogP contribution >= 0.6 is 11.8 Å². The Hall–Kier alpha value is -0.460. The number of piperazine rings is 1. The Morgan fingerprint density at radius 1 is 1.25 bits per heavy atom. The van der Waals surface area contributed by atoms with Crippen LogP contribution in [-0.4, -0.2) is 85.7 Å². The average molecular weight is 356 g/mol. The van der Waals surface area contributed by atoms with Crippen molar-refractivity contribution in [3.63, 3.8) is 0 Å². The van der Waals surface area contributed by atoms with E-state index in [1.54, 1.807) is 0 Å². The second kappa shape index (κ2) is 9.88. The highest BCUT2D eigenvalue weighted by molar-refractivity contribution is 8.00. The molecule has 0 aliphatic carbocycles. The fourth-order valence-electron chi connectivity index (χ4n) is 3.36. The van der Waals surface area contributed by atoms with Crippen molar-refractivity contribution in [3.8, 4) is 0 Å². The number of rotatable bonds is 7. The molecule has 0 aromatic rings. The molecule has 2 heterocycles.